The molecule has 3 heteroatoms. The summed E-state index contributed by atoms with van der Waals surface area (Å²) in [5, 5.41) is 3.53. The van der Waals surface area contributed by atoms with Crippen LogP contribution in [-0.2, 0) is 0 Å². The Kier molecular flexibility index (Phi) is 5.50. The van der Waals surface area contributed by atoms with Crippen LogP contribution in [0, 0.1) is 0 Å². The van der Waals surface area contributed by atoms with Crippen molar-refractivity contribution in [2.75, 3.05) is 12.4 Å². The van der Waals surface area contributed by atoms with Gasteiger partial charge in [0.15, 0.2) is 0 Å². The van der Waals surface area contributed by atoms with Crippen LogP contribution in [0.1, 0.15) is 38.5 Å². The summed E-state index contributed by atoms with van der Waals surface area (Å²) < 4.78 is 10.8. The summed E-state index contributed by atoms with van der Waals surface area (Å²) in [6, 6.07) is 12.0. The smallest absolute Gasteiger partial charge is 0.126 e. The molecule has 0 radical (unpaired) electrons. The van der Waals surface area contributed by atoms with Crippen molar-refractivity contribution in [1.82, 2.24) is 0 Å². The Morgan fingerprint density at radius 1 is 1.29 bits per heavy atom. The number of methoxy groups -OCH3 is 1. The van der Waals surface area contributed by atoms with Crippen LogP contribution in [0.2, 0.25) is 0 Å². The molecule has 0 amide bonds. The van der Waals surface area contributed by atoms with Crippen molar-refractivity contribution in [2.24, 2.45) is 0 Å². The van der Waals surface area contributed by atoms with Crippen molar-refractivity contribution in [2.45, 2.75) is 32.7 Å². The molecule has 1 aromatic carbocycles. The summed E-state index contributed by atoms with van der Waals surface area (Å²) in [4.78, 5) is 0. The summed E-state index contributed by atoms with van der Waals surface area (Å²) in [6.45, 7) is 4.32. The third kappa shape index (κ3) is 4.42. The number of ether oxygens (including phenoxy) is 1. The van der Waals surface area contributed by atoms with Gasteiger partial charge in [0.05, 0.1) is 19.4 Å². The number of nitrogens with one attached hydrogen (secondary N) is 1. The lowest BCUT2D eigenvalue weighted by Gasteiger charge is -2.18. The molecule has 3 nitrogen and oxygen atoms in total. The van der Waals surface area contributed by atoms with Crippen molar-refractivity contribution in [3.63, 3.8) is 0 Å². The van der Waals surface area contributed by atoms with E-state index in [1.165, 1.54) is 5.57 Å². The third-order valence-corrected chi connectivity index (χ3v) is 3.40. The maximum atomic E-state index is 5.58. The normalized spacial score (nSPS) is 13.0. The van der Waals surface area contributed by atoms with Crippen molar-refractivity contribution in [3.8, 4) is 5.75 Å². The summed E-state index contributed by atoms with van der Waals surface area (Å²) in [5.41, 5.74) is 2.42. The molecule has 0 saturated carbocycles. The lowest BCUT2D eigenvalue weighted by molar-refractivity contribution is 0.415. The Morgan fingerprint density at radius 2 is 2.05 bits per heavy atom. The fraction of sp³-hybridized carbons (Fsp3) is 0.333. The van der Waals surface area contributed by atoms with Gasteiger partial charge in [-0.1, -0.05) is 18.6 Å². The third-order valence-electron chi connectivity index (χ3n) is 3.40. The van der Waals surface area contributed by atoms with E-state index in [2.05, 4.69) is 25.2 Å². The van der Waals surface area contributed by atoms with E-state index < -0.39 is 0 Å². The Labute approximate surface area is 126 Å². The number of benzene rings is 1. The Balaban J connectivity index is 2.13. The summed E-state index contributed by atoms with van der Waals surface area (Å²) in [7, 11) is 1.67. The molecule has 0 aliphatic heterocycles. The van der Waals surface area contributed by atoms with Crippen molar-refractivity contribution < 1.29 is 9.15 Å². The zero-order chi connectivity index (χ0) is 15.1. The van der Waals surface area contributed by atoms with Gasteiger partial charge in [0.25, 0.3) is 0 Å². The molecule has 1 atom stereocenters. The lowest BCUT2D eigenvalue weighted by Crippen LogP contribution is -2.10. The van der Waals surface area contributed by atoms with E-state index in [1.54, 1.807) is 13.4 Å². The van der Waals surface area contributed by atoms with E-state index in [9.17, 15) is 0 Å². The summed E-state index contributed by atoms with van der Waals surface area (Å²) >= 11 is 0. The number of hydrogen-bond donors (Lipinski definition) is 1. The molecule has 1 unspecified atom stereocenters. The van der Waals surface area contributed by atoms with Crippen LogP contribution in [0.4, 0.5) is 5.69 Å². The number of furan rings is 1. The average Bonchev–Trinajstić information content (AvgIpc) is 3.02. The second kappa shape index (κ2) is 7.58. The van der Waals surface area contributed by atoms with Crippen LogP contribution in [0.25, 0.3) is 0 Å². The van der Waals surface area contributed by atoms with Crippen LogP contribution >= 0.6 is 0 Å². The topological polar surface area (TPSA) is 34.4 Å². The molecule has 0 bridgehead atoms. The first-order chi connectivity index (χ1) is 10.2. The molecule has 1 heterocycles. The minimum Gasteiger partial charge on any atom is -0.497 e. The first-order valence-electron chi connectivity index (χ1n) is 7.32. The molecule has 0 aliphatic rings. The first kappa shape index (κ1) is 15.2. The van der Waals surface area contributed by atoms with Gasteiger partial charge >= 0.3 is 0 Å². The van der Waals surface area contributed by atoms with Crippen molar-refractivity contribution >= 4 is 5.69 Å². The van der Waals surface area contributed by atoms with Crippen LogP contribution < -0.4 is 10.1 Å². The lowest BCUT2D eigenvalue weighted by atomic mass is 10.0. The number of hydrogen-bond acceptors (Lipinski definition) is 3. The van der Waals surface area contributed by atoms with Gasteiger partial charge in [-0.25, -0.2) is 0 Å². The molecule has 1 N–H and O–H groups in total. The zero-order valence-corrected chi connectivity index (χ0v) is 12.9. The van der Waals surface area contributed by atoms with Gasteiger partial charge in [-0.3, -0.25) is 0 Å². The number of anilines is 1. The molecule has 0 saturated heterocycles. The maximum Gasteiger partial charge on any atom is 0.126 e. The SMILES string of the molecule is CC/C=C(\C)CC(Nc1ccc(OC)cc1)c1ccco1. The van der Waals surface area contributed by atoms with E-state index in [4.69, 9.17) is 9.15 Å². The van der Waals surface area contributed by atoms with Crippen molar-refractivity contribution in [1.29, 1.82) is 0 Å². The highest BCUT2D eigenvalue weighted by molar-refractivity contribution is 5.48. The van der Waals surface area contributed by atoms with E-state index in [1.807, 2.05) is 36.4 Å². The molecule has 2 rings (SSSR count). The van der Waals surface area contributed by atoms with E-state index >= 15 is 0 Å². The first-order valence-corrected chi connectivity index (χ1v) is 7.32. The van der Waals surface area contributed by atoms with Gasteiger partial charge in [0.1, 0.15) is 11.5 Å². The molecule has 2 aromatic rings. The maximum absolute atomic E-state index is 5.58. The van der Waals surface area contributed by atoms with Crippen molar-refractivity contribution in [3.05, 3.63) is 60.1 Å². The fourth-order valence-corrected chi connectivity index (χ4v) is 2.35. The second-order valence-corrected chi connectivity index (χ2v) is 5.10. The van der Waals surface area contributed by atoms with E-state index in [0.717, 1.165) is 30.0 Å². The number of allylic oxidation sites excluding steroid dienone is 1. The Bertz CT molecular complexity index is 555. The van der Waals surface area contributed by atoms with Crippen LogP contribution in [0.3, 0.4) is 0 Å². The van der Waals surface area contributed by atoms with E-state index in [-0.39, 0.29) is 6.04 Å². The molecule has 21 heavy (non-hydrogen) atoms. The van der Waals surface area contributed by atoms with Gasteiger partial charge in [0.2, 0.25) is 0 Å². The molecular weight excluding hydrogens is 262 g/mol. The molecule has 0 spiro atoms. The summed E-state index contributed by atoms with van der Waals surface area (Å²) in [6.07, 6.45) is 5.95. The van der Waals surface area contributed by atoms with Gasteiger partial charge in [0, 0.05) is 5.69 Å². The van der Waals surface area contributed by atoms with Crippen LogP contribution in [0.15, 0.2) is 58.7 Å². The Morgan fingerprint density at radius 3 is 2.62 bits per heavy atom. The predicted molar refractivity (Wildman–Crippen MR) is 86.7 cm³/mol. The number of rotatable bonds is 7. The van der Waals surface area contributed by atoms with Gasteiger partial charge in [-0.15, -0.1) is 0 Å². The highest BCUT2D eigenvalue weighted by Crippen LogP contribution is 2.27. The van der Waals surface area contributed by atoms with Gasteiger partial charge < -0.3 is 14.5 Å². The monoisotopic (exact) mass is 285 g/mol. The average molecular weight is 285 g/mol. The minimum atomic E-state index is 0.135. The summed E-state index contributed by atoms with van der Waals surface area (Å²) in [5.74, 6) is 1.81. The van der Waals surface area contributed by atoms with Crippen LogP contribution in [0.5, 0.6) is 5.75 Å². The second-order valence-electron chi connectivity index (χ2n) is 5.10. The largest absolute Gasteiger partial charge is 0.497 e. The highest BCUT2D eigenvalue weighted by Gasteiger charge is 2.14. The quantitative estimate of drug-likeness (QED) is 0.711. The van der Waals surface area contributed by atoms with Gasteiger partial charge in [-0.2, -0.15) is 0 Å². The molecule has 112 valence electrons. The van der Waals surface area contributed by atoms with Gasteiger partial charge in [-0.05, 0) is 56.2 Å². The highest BCUT2D eigenvalue weighted by atomic mass is 16.5. The minimum absolute atomic E-state index is 0.135. The Hall–Kier alpha value is -2.16. The molecular formula is C18H23NO2. The molecule has 0 fully saturated rings. The fourth-order valence-electron chi connectivity index (χ4n) is 2.35. The molecule has 1 aromatic heterocycles. The van der Waals surface area contributed by atoms with Crippen LogP contribution in [-0.4, -0.2) is 7.11 Å². The molecule has 0 aliphatic carbocycles. The zero-order valence-electron chi connectivity index (χ0n) is 12.9. The standard InChI is InChI=1S/C18H23NO2/c1-4-6-14(2)13-17(18-7-5-12-21-18)19-15-8-10-16(20-3)11-9-15/h5-12,17,19H,4,13H2,1-3H3/b14-6+. The predicted octanol–water partition coefficient (Wildman–Crippen LogP) is 5.19. The van der Waals surface area contributed by atoms with E-state index in [0.29, 0.717) is 0 Å².